The summed E-state index contributed by atoms with van der Waals surface area (Å²) in [5.74, 6) is -0.549. The highest BCUT2D eigenvalue weighted by atomic mass is 32.2. The van der Waals surface area contributed by atoms with Gasteiger partial charge in [0.15, 0.2) is 0 Å². The topological polar surface area (TPSA) is 106 Å². The van der Waals surface area contributed by atoms with E-state index in [0.717, 1.165) is 36.7 Å². The number of hydrogen-bond acceptors (Lipinski definition) is 7. The first kappa shape index (κ1) is 19.9. The van der Waals surface area contributed by atoms with Gasteiger partial charge in [0.2, 0.25) is 11.1 Å². The van der Waals surface area contributed by atoms with Crippen LogP contribution in [0.2, 0.25) is 0 Å². The number of amides is 1. The van der Waals surface area contributed by atoms with E-state index in [2.05, 4.69) is 31.6 Å². The zero-order valence-corrected chi connectivity index (χ0v) is 15.4. The van der Waals surface area contributed by atoms with Crippen LogP contribution in [0, 0.1) is 17.2 Å². The van der Waals surface area contributed by atoms with Crippen molar-refractivity contribution in [2.24, 2.45) is 5.92 Å². The van der Waals surface area contributed by atoms with E-state index in [1.54, 1.807) is 6.92 Å². The zero-order chi connectivity index (χ0) is 20.4. The lowest BCUT2D eigenvalue weighted by Crippen LogP contribution is -2.47. The number of benzene rings is 1. The van der Waals surface area contributed by atoms with Crippen LogP contribution in [0.15, 0.2) is 29.4 Å². The van der Waals surface area contributed by atoms with E-state index in [1.165, 1.54) is 16.8 Å². The molecule has 1 aliphatic rings. The molecule has 12 heteroatoms. The molecule has 2 aromatic rings. The number of rotatable bonds is 7. The number of thioether (sulfide) groups is 1. The number of carbonyl (C=O) groups excluding carboxylic acids is 1. The van der Waals surface area contributed by atoms with Gasteiger partial charge in [-0.05, 0) is 60.4 Å². The predicted molar refractivity (Wildman–Crippen MR) is 91.4 cm³/mol. The fraction of sp³-hybridized carbons (Fsp3) is 0.438. The second kappa shape index (κ2) is 7.67. The molecule has 1 saturated carbocycles. The zero-order valence-electron chi connectivity index (χ0n) is 14.6. The maximum Gasteiger partial charge on any atom is 0.573 e. The first-order chi connectivity index (χ1) is 13.2. The van der Waals surface area contributed by atoms with Crippen molar-refractivity contribution in [1.29, 1.82) is 5.26 Å². The monoisotopic (exact) mass is 412 g/mol. The number of aromatic nitrogens is 4. The second-order valence-electron chi connectivity index (χ2n) is 6.34. The van der Waals surface area contributed by atoms with Gasteiger partial charge in [-0.25, -0.2) is 0 Å². The predicted octanol–water partition coefficient (Wildman–Crippen LogP) is 2.46. The maximum atomic E-state index is 12.2. The van der Waals surface area contributed by atoms with Gasteiger partial charge in [0.25, 0.3) is 0 Å². The molecule has 1 atom stereocenters. The molecule has 1 fully saturated rings. The van der Waals surface area contributed by atoms with Crippen LogP contribution < -0.4 is 10.1 Å². The molecule has 0 unspecified atom stereocenters. The summed E-state index contributed by atoms with van der Waals surface area (Å²) in [6, 6.07) is 7.15. The number of alkyl halides is 3. The molecule has 28 heavy (non-hydrogen) atoms. The van der Waals surface area contributed by atoms with E-state index in [4.69, 9.17) is 0 Å². The van der Waals surface area contributed by atoms with Gasteiger partial charge < -0.3 is 10.1 Å². The van der Waals surface area contributed by atoms with Gasteiger partial charge in [0.1, 0.15) is 11.3 Å². The Morgan fingerprint density at radius 1 is 1.39 bits per heavy atom. The van der Waals surface area contributed by atoms with Gasteiger partial charge in [-0.3, -0.25) is 4.79 Å². The summed E-state index contributed by atoms with van der Waals surface area (Å²) in [6.45, 7) is 1.70. The molecule has 1 amide bonds. The summed E-state index contributed by atoms with van der Waals surface area (Å²) in [4.78, 5) is 12.2. The summed E-state index contributed by atoms with van der Waals surface area (Å²) in [5, 5.41) is 23.4. The second-order valence-corrected chi connectivity index (χ2v) is 7.28. The summed E-state index contributed by atoms with van der Waals surface area (Å²) >= 11 is 1.05. The molecule has 1 aliphatic carbocycles. The van der Waals surface area contributed by atoms with Crippen molar-refractivity contribution in [3.05, 3.63) is 24.3 Å². The fourth-order valence-electron chi connectivity index (χ4n) is 2.56. The number of carbonyl (C=O) groups is 1. The van der Waals surface area contributed by atoms with Crippen molar-refractivity contribution in [2.75, 3.05) is 5.75 Å². The lowest BCUT2D eigenvalue weighted by atomic mass is 9.98. The summed E-state index contributed by atoms with van der Waals surface area (Å²) in [6.07, 6.45) is -2.96. The van der Waals surface area contributed by atoms with E-state index in [9.17, 15) is 23.2 Å². The molecule has 0 spiro atoms. The lowest BCUT2D eigenvalue weighted by Gasteiger charge is -2.22. The molecule has 148 valence electrons. The Morgan fingerprint density at radius 2 is 2.07 bits per heavy atom. The van der Waals surface area contributed by atoms with E-state index >= 15 is 0 Å². The van der Waals surface area contributed by atoms with Crippen molar-refractivity contribution >= 4 is 17.7 Å². The van der Waals surface area contributed by atoms with Gasteiger partial charge in [0, 0.05) is 0 Å². The van der Waals surface area contributed by atoms with Crippen LogP contribution in [0.4, 0.5) is 13.2 Å². The van der Waals surface area contributed by atoms with Crippen molar-refractivity contribution in [2.45, 2.75) is 36.8 Å². The van der Waals surface area contributed by atoms with Gasteiger partial charge in [-0.2, -0.15) is 9.94 Å². The Balaban J connectivity index is 1.62. The minimum Gasteiger partial charge on any atom is -0.406 e. The molecule has 0 bridgehead atoms. The van der Waals surface area contributed by atoms with E-state index in [-0.39, 0.29) is 28.5 Å². The third-order valence-corrected chi connectivity index (χ3v) is 5.03. The molecule has 0 radical (unpaired) electrons. The lowest BCUT2D eigenvalue weighted by molar-refractivity contribution is -0.274. The van der Waals surface area contributed by atoms with Crippen molar-refractivity contribution < 1.29 is 22.7 Å². The van der Waals surface area contributed by atoms with Gasteiger partial charge >= 0.3 is 6.36 Å². The number of ether oxygens (including phenoxy) is 1. The molecular weight excluding hydrogens is 397 g/mol. The molecule has 0 aliphatic heterocycles. The molecule has 3 rings (SSSR count). The van der Waals surface area contributed by atoms with Crippen LogP contribution in [0.25, 0.3) is 5.69 Å². The highest BCUT2D eigenvalue weighted by Crippen LogP contribution is 2.39. The van der Waals surface area contributed by atoms with E-state index < -0.39 is 11.9 Å². The molecule has 1 aromatic heterocycles. The largest absolute Gasteiger partial charge is 0.573 e. The van der Waals surface area contributed by atoms with Crippen molar-refractivity contribution in [3.8, 4) is 17.5 Å². The number of nitrogens with zero attached hydrogens (tertiary/aromatic N) is 5. The number of nitrogens with one attached hydrogen (secondary N) is 1. The first-order valence-electron chi connectivity index (χ1n) is 8.20. The Morgan fingerprint density at radius 3 is 2.64 bits per heavy atom. The minimum atomic E-state index is -4.77. The van der Waals surface area contributed by atoms with Crippen molar-refractivity contribution in [1.82, 2.24) is 25.5 Å². The van der Waals surface area contributed by atoms with E-state index in [1.807, 2.05) is 0 Å². The third kappa shape index (κ3) is 4.92. The van der Waals surface area contributed by atoms with Crippen LogP contribution in [0.1, 0.15) is 19.8 Å². The average Bonchev–Trinajstić information content (AvgIpc) is 3.39. The highest BCUT2D eigenvalue weighted by Gasteiger charge is 2.43. The molecule has 1 aromatic carbocycles. The molecule has 8 nitrogen and oxygen atoms in total. The number of hydrogen-bond donors (Lipinski definition) is 1. The molecule has 1 N–H and O–H groups in total. The Labute approximate surface area is 162 Å². The minimum absolute atomic E-state index is 0.0143. The maximum absolute atomic E-state index is 12.2. The number of tetrazole rings is 1. The average molecular weight is 412 g/mol. The number of nitriles is 1. The van der Waals surface area contributed by atoms with Crippen LogP contribution in [-0.4, -0.2) is 43.8 Å². The normalized spacial score (nSPS) is 16.1. The van der Waals surface area contributed by atoms with Gasteiger partial charge in [0.05, 0.1) is 17.5 Å². The Hall–Kier alpha value is -2.81. The van der Waals surface area contributed by atoms with Gasteiger partial charge in [-0.1, -0.05) is 11.8 Å². The highest BCUT2D eigenvalue weighted by molar-refractivity contribution is 7.99. The smallest absolute Gasteiger partial charge is 0.406 e. The van der Waals surface area contributed by atoms with E-state index in [0.29, 0.717) is 5.69 Å². The van der Waals surface area contributed by atoms with Crippen LogP contribution in [0.3, 0.4) is 0 Å². The van der Waals surface area contributed by atoms with Crippen LogP contribution in [0.5, 0.6) is 5.75 Å². The summed E-state index contributed by atoms with van der Waals surface area (Å²) in [7, 11) is 0. The summed E-state index contributed by atoms with van der Waals surface area (Å²) in [5.41, 5.74) is -0.486. The Bertz CT molecular complexity index is 891. The molecule has 0 saturated heterocycles. The Kier molecular flexibility index (Phi) is 5.46. The molecule has 1 heterocycles. The summed E-state index contributed by atoms with van der Waals surface area (Å²) < 4.78 is 41.8. The SMILES string of the molecule is C[C@](C#N)(NC(=O)CSc1nnnn1-c1ccc(OC(F)(F)F)cc1)C1CC1. The number of halogens is 3. The van der Waals surface area contributed by atoms with Gasteiger partial charge in [-0.15, -0.1) is 18.3 Å². The quantitative estimate of drug-likeness (QED) is 0.697. The first-order valence-corrected chi connectivity index (χ1v) is 9.18. The molecular formula is C16H15F3N6O2S. The van der Waals surface area contributed by atoms with Crippen molar-refractivity contribution in [3.63, 3.8) is 0 Å². The fourth-order valence-corrected chi connectivity index (χ4v) is 3.25. The standard InChI is InChI=1S/C16H15F3N6O2S/c1-15(9-20,10-2-3-10)21-13(26)8-28-14-22-23-24-25(14)11-4-6-12(7-5-11)27-16(17,18)19/h4-7,10H,2-3,8H2,1H3,(H,21,26)/t15-/m1/s1. The van der Waals surface area contributed by atoms with Crippen LogP contribution >= 0.6 is 11.8 Å². The van der Waals surface area contributed by atoms with Crippen LogP contribution in [-0.2, 0) is 4.79 Å². The third-order valence-electron chi connectivity index (χ3n) is 4.11.